The highest BCUT2D eigenvalue weighted by molar-refractivity contribution is 5.81. The lowest BCUT2D eigenvalue weighted by Gasteiger charge is -2.22. The van der Waals surface area contributed by atoms with Gasteiger partial charge >= 0.3 is 0 Å². The Morgan fingerprint density at radius 2 is 1.41 bits per heavy atom. The standard InChI is InChI=1S/C15H11NO/c1-3-7-13-11(5-1)12-6-2-4-8-14(12)15(13)9-10-16-17-15/h1-10,16H. The van der Waals surface area contributed by atoms with Crippen molar-refractivity contribution in [1.82, 2.24) is 5.48 Å². The third kappa shape index (κ3) is 0.984. The van der Waals surface area contributed by atoms with Crippen molar-refractivity contribution in [2.24, 2.45) is 0 Å². The SMILES string of the molecule is C1=CC2(ON1)c1ccccc1-c1ccccc12. The third-order valence-electron chi connectivity index (χ3n) is 3.55. The number of nitrogens with one attached hydrogen (secondary N) is 1. The molecule has 82 valence electrons. The lowest BCUT2D eigenvalue weighted by atomic mass is 9.92. The van der Waals surface area contributed by atoms with Crippen molar-refractivity contribution in [1.29, 1.82) is 0 Å². The molecule has 2 aliphatic rings. The highest BCUT2D eigenvalue weighted by Crippen LogP contribution is 2.50. The van der Waals surface area contributed by atoms with E-state index in [1.54, 1.807) is 0 Å². The molecule has 2 nitrogen and oxygen atoms in total. The lowest BCUT2D eigenvalue weighted by Crippen LogP contribution is -2.25. The zero-order valence-electron chi connectivity index (χ0n) is 9.18. The van der Waals surface area contributed by atoms with Crippen LogP contribution in [0.15, 0.2) is 60.8 Å². The van der Waals surface area contributed by atoms with Gasteiger partial charge in [0, 0.05) is 17.3 Å². The van der Waals surface area contributed by atoms with Gasteiger partial charge in [0.05, 0.1) is 0 Å². The molecule has 2 aromatic carbocycles. The van der Waals surface area contributed by atoms with Crippen molar-refractivity contribution in [2.75, 3.05) is 0 Å². The first kappa shape index (κ1) is 9.02. The second-order valence-electron chi connectivity index (χ2n) is 4.38. The normalized spacial score (nSPS) is 17.9. The zero-order valence-corrected chi connectivity index (χ0v) is 9.18. The van der Waals surface area contributed by atoms with Crippen LogP contribution >= 0.6 is 0 Å². The molecule has 0 unspecified atom stereocenters. The smallest absolute Gasteiger partial charge is 0.167 e. The fourth-order valence-corrected chi connectivity index (χ4v) is 2.83. The zero-order chi connectivity index (χ0) is 11.3. The fourth-order valence-electron chi connectivity index (χ4n) is 2.83. The molecule has 0 amide bonds. The Balaban J connectivity index is 2.13. The second kappa shape index (κ2) is 2.99. The second-order valence-corrected chi connectivity index (χ2v) is 4.38. The van der Waals surface area contributed by atoms with E-state index in [4.69, 9.17) is 4.84 Å². The van der Waals surface area contributed by atoms with Gasteiger partial charge in [-0.25, -0.2) is 0 Å². The van der Waals surface area contributed by atoms with Gasteiger partial charge in [-0.1, -0.05) is 48.5 Å². The van der Waals surface area contributed by atoms with Crippen molar-refractivity contribution in [3.8, 4) is 11.1 Å². The minimum Gasteiger partial charge on any atom is -0.273 e. The average molecular weight is 221 g/mol. The highest BCUT2D eigenvalue weighted by Gasteiger charge is 2.44. The monoisotopic (exact) mass is 221 g/mol. The molecule has 1 aliphatic heterocycles. The Bertz CT molecular complexity index is 585. The molecule has 0 saturated carbocycles. The molecular formula is C15H11NO. The predicted octanol–water partition coefficient (Wildman–Crippen LogP) is 2.96. The Morgan fingerprint density at radius 3 is 1.94 bits per heavy atom. The van der Waals surface area contributed by atoms with Crippen LogP contribution in [-0.4, -0.2) is 0 Å². The Morgan fingerprint density at radius 1 is 0.824 bits per heavy atom. The number of fused-ring (bicyclic) bond motifs is 5. The van der Waals surface area contributed by atoms with Crippen LogP contribution in [0.4, 0.5) is 0 Å². The van der Waals surface area contributed by atoms with Crippen LogP contribution in [0.5, 0.6) is 0 Å². The number of hydrogen-bond acceptors (Lipinski definition) is 2. The molecule has 0 radical (unpaired) electrons. The Labute approximate surface area is 99.5 Å². The van der Waals surface area contributed by atoms with Crippen LogP contribution in [0.25, 0.3) is 11.1 Å². The maximum absolute atomic E-state index is 5.79. The van der Waals surface area contributed by atoms with Crippen molar-refractivity contribution >= 4 is 0 Å². The summed E-state index contributed by atoms with van der Waals surface area (Å²) in [6.07, 6.45) is 3.94. The van der Waals surface area contributed by atoms with Crippen molar-refractivity contribution in [2.45, 2.75) is 5.60 Å². The average Bonchev–Trinajstić information content (AvgIpc) is 2.98. The van der Waals surface area contributed by atoms with Gasteiger partial charge in [-0.3, -0.25) is 10.3 Å². The molecule has 0 atom stereocenters. The molecule has 0 bridgehead atoms. The highest BCUT2D eigenvalue weighted by atomic mass is 16.7. The largest absolute Gasteiger partial charge is 0.273 e. The summed E-state index contributed by atoms with van der Waals surface area (Å²) in [4.78, 5) is 5.79. The molecule has 0 saturated heterocycles. The van der Waals surface area contributed by atoms with E-state index in [0.29, 0.717) is 0 Å². The summed E-state index contributed by atoms with van der Waals surface area (Å²) >= 11 is 0. The van der Waals surface area contributed by atoms with Crippen molar-refractivity contribution < 1.29 is 4.84 Å². The van der Waals surface area contributed by atoms with E-state index in [-0.39, 0.29) is 0 Å². The molecule has 0 aromatic heterocycles. The summed E-state index contributed by atoms with van der Waals surface area (Å²) in [5, 5.41) is 0. The number of rotatable bonds is 0. The summed E-state index contributed by atoms with van der Waals surface area (Å²) in [7, 11) is 0. The Hall–Kier alpha value is -2.06. The molecule has 2 aromatic rings. The van der Waals surface area contributed by atoms with Gasteiger partial charge in [0.1, 0.15) is 0 Å². The van der Waals surface area contributed by atoms with E-state index in [9.17, 15) is 0 Å². The van der Waals surface area contributed by atoms with E-state index >= 15 is 0 Å². The van der Waals surface area contributed by atoms with Crippen LogP contribution in [0.1, 0.15) is 11.1 Å². The van der Waals surface area contributed by atoms with E-state index in [1.165, 1.54) is 22.3 Å². The van der Waals surface area contributed by atoms with Crippen molar-refractivity contribution in [3.05, 3.63) is 71.9 Å². The first-order valence-corrected chi connectivity index (χ1v) is 5.72. The molecule has 1 spiro atoms. The first-order valence-electron chi connectivity index (χ1n) is 5.72. The Kier molecular flexibility index (Phi) is 1.59. The summed E-state index contributed by atoms with van der Waals surface area (Å²) in [5.41, 5.74) is 7.36. The molecule has 1 aliphatic carbocycles. The summed E-state index contributed by atoms with van der Waals surface area (Å²) in [6.45, 7) is 0. The van der Waals surface area contributed by atoms with Gasteiger partial charge in [-0.15, -0.1) is 0 Å². The van der Waals surface area contributed by atoms with Gasteiger partial charge in [0.2, 0.25) is 0 Å². The van der Waals surface area contributed by atoms with Crippen LogP contribution in [0, 0.1) is 0 Å². The summed E-state index contributed by atoms with van der Waals surface area (Å²) < 4.78 is 0. The topological polar surface area (TPSA) is 21.3 Å². The molecular weight excluding hydrogens is 210 g/mol. The van der Waals surface area contributed by atoms with Gasteiger partial charge in [0.25, 0.3) is 0 Å². The third-order valence-corrected chi connectivity index (χ3v) is 3.55. The number of hydrogen-bond donors (Lipinski definition) is 1. The van der Waals surface area contributed by atoms with Gasteiger partial charge in [-0.05, 0) is 17.2 Å². The molecule has 2 heteroatoms. The van der Waals surface area contributed by atoms with Crippen LogP contribution in [0.2, 0.25) is 0 Å². The van der Waals surface area contributed by atoms with Crippen molar-refractivity contribution in [3.63, 3.8) is 0 Å². The van der Waals surface area contributed by atoms with Gasteiger partial charge in [0.15, 0.2) is 5.60 Å². The number of hydroxylamine groups is 1. The van der Waals surface area contributed by atoms with Crippen LogP contribution < -0.4 is 5.48 Å². The first-order chi connectivity index (χ1) is 8.42. The lowest BCUT2D eigenvalue weighted by molar-refractivity contribution is -0.00991. The summed E-state index contributed by atoms with van der Waals surface area (Å²) in [6, 6.07) is 16.8. The summed E-state index contributed by atoms with van der Waals surface area (Å²) in [5.74, 6) is 0. The maximum atomic E-state index is 5.79. The molecule has 1 N–H and O–H groups in total. The molecule has 17 heavy (non-hydrogen) atoms. The minimum absolute atomic E-state index is 0.437. The fraction of sp³-hybridized carbons (Fsp3) is 0.0667. The van der Waals surface area contributed by atoms with E-state index < -0.39 is 5.60 Å². The molecule has 1 heterocycles. The predicted molar refractivity (Wildman–Crippen MR) is 66.0 cm³/mol. The molecule has 0 fully saturated rings. The quantitative estimate of drug-likeness (QED) is 0.738. The van der Waals surface area contributed by atoms with E-state index in [2.05, 4.69) is 60.1 Å². The van der Waals surface area contributed by atoms with Crippen LogP contribution in [-0.2, 0) is 10.4 Å². The maximum Gasteiger partial charge on any atom is 0.167 e. The molecule has 4 rings (SSSR count). The van der Waals surface area contributed by atoms with Crippen LogP contribution in [0.3, 0.4) is 0 Å². The van der Waals surface area contributed by atoms with E-state index in [1.807, 2.05) is 6.20 Å². The van der Waals surface area contributed by atoms with Gasteiger partial charge in [-0.2, -0.15) is 0 Å². The van der Waals surface area contributed by atoms with E-state index in [0.717, 1.165) is 0 Å². The minimum atomic E-state index is -0.437. The van der Waals surface area contributed by atoms with Gasteiger partial charge < -0.3 is 0 Å². The number of benzene rings is 2.